The van der Waals surface area contributed by atoms with E-state index in [4.69, 9.17) is 4.74 Å². The van der Waals surface area contributed by atoms with E-state index in [1.54, 1.807) is 23.9 Å². The Morgan fingerprint density at radius 1 is 1.08 bits per heavy atom. The Labute approximate surface area is 148 Å². The monoisotopic (exact) mass is 355 g/mol. The first-order valence-corrected chi connectivity index (χ1v) is 8.82. The molecule has 2 aromatic carbocycles. The highest BCUT2D eigenvalue weighted by Gasteiger charge is 2.11. The highest BCUT2D eigenvalue weighted by Crippen LogP contribution is 2.31. The third-order valence-electron chi connectivity index (χ3n) is 3.68. The van der Waals surface area contributed by atoms with E-state index < -0.39 is 11.2 Å². The van der Waals surface area contributed by atoms with Gasteiger partial charge in [-0.2, -0.15) is 9.78 Å². The van der Waals surface area contributed by atoms with Crippen molar-refractivity contribution in [1.29, 1.82) is 0 Å². The molecule has 3 rings (SSSR count). The first kappa shape index (κ1) is 17.0. The van der Waals surface area contributed by atoms with Crippen molar-refractivity contribution in [2.24, 2.45) is 0 Å². The van der Waals surface area contributed by atoms with Crippen LogP contribution in [-0.4, -0.2) is 21.0 Å². The maximum absolute atomic E-state index is 11.9. The highest BCUT2D eigenvalue weighted by molar-refractivity contribution is 7.98. The van der Waals surface area contributed by atoms with E-state index in [0.717, 1.165) is 33.5 Å². The molecule has 0 atom stereocenters. The molecule has 0 amide bonds. The molecule has 0 aliphatic heterocycles. The predicted molar refractivity (Wildman–Crippen MR) is 98.2 cm³/mol. The molecule has 0 aliphatic carbocycles. The fraction of sp³-hybridized carbons (Fsp3) is 0.167. The minimum atomic E-state index is -0.576. The van der Waals surface area contributed by atoms with Gasteiger partial charge in [-0.1, -0.05) is 0 Å². The average molecular weight is 355 g/mol. The number of benzene rings is 2. The molecular weight excluding hydrogens is 338 g/mol. The van der Waals surface area contributed by atoms with E-state index >= 15 is 0 Å². The fourth-order valence-electron chi connectivity index (χ4n) is 2.51. The predicted octanol–water partition coefficient (Wildman–Crippen LogP) is 3.05. The molecule has 0 aliphatic rings. The molecule has 1 N–H and O–H groups in total. The number of hydrogen-bond donors (Lipinski definition) is 1. The molecule has 1 aromatic heterocycles. The molecule has 0 saturated heterocycles. The van der Waals surface area contributed by atoms with Gasteiger partial charge in [0, 0.05) is 4.90 Å². The van der Waals surface area contributed by atoms with Crippen molar-refractivity contribution >= 4 is 11.8 Å². The van der Waals surface area contributed by atoms with Gasteiger partial charge < -0.3 is 4.74 Å². The second-order valence-corrected chi connectivity index (χ2v) is 6.42. The topological polar surface area (TPSA) is 77.0 Å². The van der Waals surface area contributed by atoms with E-state index in [2.05, 4.69) is 10.1 Å². The minimum absolute atomic E-state index is 0.525. The molecule has 0 saturated carbocycles. The molecule has 7 heteroatoms. The lowest BCUT2D eigenvalue weighted by molar-refractivity contribution is 0.474. The number of aromatic nitrogens is 3. The lowest BCUT2D eigenvalue weighted by Gasteiger charge is -2.14. The molecule has 0 unspecified atom stereocenters. The van der Waals surface area contributed by atoms with Crippen molar-refractivity contribution in [1.82, 2.24) is 14.8 Å². The second-order valence-electron chi connectivity index (χ2n) is 5.54. The van der Waals surface area contributed by atoms with Gasteiger partial charge in [0.2, 0.25) is 0 Å². The summed E-state index contributed by atoms with van der Waals surface area (Å²) < 4.78 is 7.16. The molecule has 0 fully saturated rings. The van der Waals surface area contributed by atoms with Crippen molar-refractivity contribution in [2.45, 2.75) is 18.7 Å². The number of H-pyrrole nitrogens is 1. The lowest BCUT2D eigenvalue weighted by atomic mass is 10.1. The average Bonchev–Trinajstić information content (AvgIpc) is 2.58. The molecule has 0 spiro atoms. The van der Waals surface area contributed by atoms with Crippen molar-refractivity contribution in [3.63, 3.8) is 0 Å². The van der Waals surface area contributed by atoms with Gasteiger partial charge in [0.15, 0.2) is 0 Å². The van der Waals surface area contributed by atoms with Crippen LogP contribution in [0.2, 0.25) is 0 Å². The molecule has 128 valence electrons. The number of ether oxygens (including phenoxy) is 1. The second kappa shape index (κ2) is 6.98. The van der Waals surface area contributed by atoms with Crippen molar-refractivity contribution in [3.05, 3.63) is 74.6 Å². The number of thioether (sulfide) groups is 1. The van der Waals surface area contributed by atoms with Crippen molar-refractivity contribution in [3.8, 4) is 17.2 Å². The summed E-state index contributed by atoms with van der Waals surface area (Å²) in [6, 6.07) is 11.4. The normalized spacial score (nSPS) is 10.7. The fourth-order valence-corrected chi connectivity index (χ4v) is 2.92. The number of hydrogen-bond acceptors (Lipinski definition) is 5. The van der Waals surface area contributed by atoms with Crippen molar-refractivity contribution < 1.29 is 4.74 Å². The SMILES string of the molecule is CSc1ccc(Oc2c(C)cc(-n3ncc(=O)[nH]c3=O)cc2C)cc1. The molecular formula is C18H17N3O3S. The van der Waals surface area contributed by atoms with Crippen LogP contribution in [0.15, 0.2) is 57.1 Å². The summed E-state index contributed by atoms with van der Waals surface area (Å²) in [5, 5.41) is 3.88. The first-order valence-electron chi connectivity index (χ1n) is 7.60. The van der Waals surface area contributed by atoms with Gasteiger partial charge in [-0.05, 0) is 67.6 Å². The summed E-state index contributed by atoms with van der Waals surface area (Å²) in [7, 11) is 0. The Morgan fingerprint density at radius 3 is 2.28 bits per heavy atom. The van der Waals surface area contributed by atoms with Crippen LogP contribution >= 0.6 is 11.8 Å². The lowest BCUT2D eigenvalue weighted by Crippen LogP contribution is -2.30. The van der Waals surface area contributed by atoms with Crippen LogP contribution in [0.1, 0.15) is 11.1 Å². The van der Waals surface area contributed by atoms with E-state index in [9.17, 15) is 9.59 Å². The number of nitrogens with one attached hydrogen (secondary N) is 1. The highest BCUT2D eigenvalue weighted by atomic mass is 32.2. The van der Waals surface area contributed by atoms with Gasteiger partial charge in [-0.15, -0.1) is 11.8 Å². The zero-order valence-corrected chi connectivity index (χ0v) is 14.9. The number of aryl methyl sites for hydroxylation is 2. The number of aromatic amines is 1. The van der Waals surface area contributed by atoms with Crippen LogP contribution in [0.3, 0.4) is 0 Å². The van der Waals surface area contributed by atoms with Gasteiger partial charge in [-0.3, -0.25) is 9.78 Å². The van der Waals surface area contributed by atoms with E-state index in [-0.39, 0.29) is 0 Å². The number of nitrogens with zero attached hydrogens (tertiary/aromatic N) is 2. The Morgan fingerprint density at radius 2 is 1.72 bits per heavy atom. The third-order valence-corrected chi connectivity index (χ3v) is 4.43. The maximum atomic E-state index is 11.9. The standard InChI is InChI=1S/C18H17N3O3S/c1-11-8-13(21-18(23)20-16(22)10-19-21)9-12(2)17(11)24-14-4-6-15(25-3)7-5-14/h4-10H,1-3H3,(H,20,22,23). The van der Waals surface area contributed by atoms with Gasteiger partial charge in [-0.25, -0.2) is 4.79 Å². The zero-order chi connectivity index (χ0) is 18.0. The zero-order valence-electron chi connectivity index (χ0n) is 14.1. The van der Waals surface area contributed by atoms with E-state index in [1.165, 1.54) is 4.90 Å². The van der Waals surface area contributed by atoms with Crippen molar-refractivity contribution in [2.75, 3.05) is 6.26 Å². The Kier molecular flexibility index (Phi) is 4.76. The van der Waals surface area contributed by atoms with Gasteiger partial charge in [0.05, 0.1) is 5.69 Å². The minimum Gasteiger partial charge on any atom is -0.457 e. The molecule has 0 bridgehead atoms. The largest absolute Gasteiger partial charge is 0.457 e. The first-order chi connectivity index (χ1) is 12.0. The quantitative estimate of drug-likeness (QED) is 0.728. The molecule has 3 aromatic rings. The van der Waals surface area contributed by atoms with Crippen LogP contribution < -0.4 is 16.0 Å². The van der Waals surface area contributed by atoms with Crippen LogP contribution in [-0.2, 0) is 0 Å². The third kappa shape index (κ3) is 3.66. The Balaban J connectivity index is 1.97. The van der Waals surface area contributed by atoms with Crippen LogP contribution in [0, 0.1) is 13.8 Å². The summed E-state index contributed by atoms with van der Waals surface area (Å²) in [5.41, 5.74) is 1.20. The van der Waals surface area contributed by atoms with Gasteiger partial charge >= 0.3 is 5.69 Å². The van der Waals surface area contributed by atoms with E-state index in [0.29, 0.717) is 5.69 Å². The summed E-state index contributed by atoms with van der Waals surface area (Å²) in [5.74, 6) is 1.48. The van der Waals surface area contributed by atoms with Crippen LogP contribution in [0.25, 0.3) is 5.69 Å². The van der Waals surface area contributed by atoms with Gasteiger partial charge in [0.1, 0.15) is 17.7 Å². The smallest absolute Gasteiger partial charge is 0.349 e. The Hall–Kier alpha value is -2.80. The van der Waals surface area contributed by atoms with Gasteiger partial charge in [0.25, 0.3) is 5.56 Å². The summed E-state index contributed by atoms with van der Waals surface area (Å²) in [4.78, 5) is 26.4. The number of rotatable bonds is 4. The molecule has 1 heterocycles. The summed E-state index contributed by atoms with van der Waals surface area (Å²) in [6.07, 6.45) is 3.10. The summed E-state index contributed by atoms with van der Waals surface area (Å²) >= 11 is 1.67. The van der Waals surface area contributed by atoms with Crippen LogP contribution in [0.4, 0.5) is 0 Å². The van der Waals surface area contributed by atoms with Crippen LogP contribution in [0.5, 0.6) is 11.5 Å². The molecule has 0 radical (unpaired) electrons. The molecule has 25 heavy (non-hydrogen) atoms. The maximum Gasteiger partial charge on any atom is 0.349 e. The molecule has 6 nitrogen and oxygen atoms in total. The summed E-state index contributed by atoms with van der Waals surface area (Å²) in [6.45, 7) is 3.80. The Bertz CT molecular complexity index is 1000. The van der Waals surface area contributed by atoms with E-state index in [1.807, 2.05) is 44.4 Å².